The minimum atomic E-state index is -0.805. The Balaban J connectivity index is 1.59. The van der Waals surface area contributed by atoms with Crippen LogP contribution in [0.2, 0.25) is 0 Å². The van der Waals surface area contributed by atoms with Crippen LogP contribution in [0.5, 0.6) is 23.0 Å². The van der Waals surface area contributed by atoms with Crippen molar-refractivity contribution in [1.29, 1.82) is 0 Å². The third kappa shape index (κ3) is 4.89. The number of hydrogen-bond acceptors (Lipinski definition) is 5. The van der Waals surface area contributed by atoms with Crippen molar-refractivity contribution in [2.24, 2.45) is 0 Å². The third-order valence-corrected chi connectivity index (χ3v) is 5.93. The number of rotatable bonds is 8. The summed E-state index contributed by atoms with van der Waals surface area (Å²) >= 11 is 0. The van der Waals surface area contributed by atoms with E-state index < -0.39 is 5.41 Å². The van der Waals surface area contributed by atoms with Crippen LogP contribution < -0.4 is 20.9 Å². The summed E-state index contributed by atoms with van der Waals surface area (Å²) in [4.78, 5) is 13.2. The SMILES string of the molecule is CCC(=O)C(C)(c1ccc(Oc2cccc(N)c2)cc1)c1ccc(Oc2cccc(N)c2)cc1. The number of Topliss-reactive ketones (excluding diaryl/α,β-unsaturated/α-hetero) is 1. The van der Waals surface area contributed by atoms with E-state index in [0.29, 0.717) is 40.8 Å². The van der Waals surface area contributed by atoms with E-state index in [2.05, 4.69) is 0 Å². The highest BCUT2D eigenvalue weighted by atomic mass is 16.5. The maximum Gasteiger partial charge on any atom is 0.147 e. The molecule has 0 spiro atoms. The van der Waals surface area contributed by atoms with Crippen LogP contribution in [0.4, 0.5) is 11.4 Å². The molecule has 0 aliphatic carbocycles. The Morgan fingerprint density at radius 3 is 1.44 bits per heavy atom. The molecule has 0 fully saturated rings. The number of carbonyl (C=O) groups excluding carboxylic acids is 1. The molecule has 0 radical (unpaired) electrons. The molecule has 172 valence electrons. The van der Waals surface area contributed by atoms with Crippen molar-refractivity contribution in [1.82, 2.24) is 0 Å². The van der Waals surface area contributed by atoms with Gasteiger partial charge in [0.25, 0.3) is 0 Å². The lowest BCUT2D eigenvalue weighted by atomic mass is 9.72. The number of nitrogens with two attached hydrogens (primary N) is 2. The van der Waals surface area contributed by atoms with Crippen molar-refractivity contribution in [3.05, 3.63) is 108 Å². The van der Waals surface area contributed by atoms with Crippen molar-refractivity contribution in [2.75, 3.05) is 11.5 Å². The van der Waals surface area contributed by atoms with E-state index in [9.17, 15) is 4.79 Å². The van der Waals surface area contributed by atoms with Crippen LogP contribution in [-0.4, -0.2) is 5.78 Å². The molecule has 0 atom stereocenters. The highest BCUT2D eigenvalue weighted by molar-refractivity contribution is 5.93. The molecule has 5 heteroatoms. The molecule has 0 heterocycles. The predicted octanol–water partition coefficient (Wildman–Crippen LogP) is 6.72. The topological polar surface area (TPSA) is 87.6 Å². The summed E-state index contributed by atoms with van der Waals surface area (Å²) < 4.78 is 11.8. The zero-order valence-electron chi connectivity index (χ0n) is 19.3. The Labute approximate surface area is 199 Å². The van der Waals surface area contributed by atoms with E-state index in [1.165, 1.54) is 0 Å². The van der Waals surface area contributed by atoms with Gasteiger partial charge in [-0.2, -0.15) is 0 Å². The summed E-state index contributed by atoms with van der Waals surface area (Å²) in [5, 5.41) is 0. The first-order valence-corrected chi connectivity index (χ1v) is 11.2. The molecule has 0 aromatic heterocycles. The van der Waals surface area contributed by atoms with Crippen molar-refractivity contribution in [2.45, 2.75) is 25.7 Å². The van der Waals surface area contributed by atoms with Gasteiger partial charge in [-0.1, -0.05) is 43.3 Å². The molecular formula is C29H28N2O3. The molecule has 0 aliphatic heterocycles. The lowest BCUT2D eigenvalue weighted by Gasteiger charge is -2.29. The van der Waals surface area contributed by atoms with Gasteiger partial charge in [0.05, 0.1) is 5.41 Å². The second-order valence-electron chi connectivity index (χ2n) is 8.30. The lowest BCUT2D eigenvalue weighted by Crippen LogP contribution is -2.33. The van der Waals surface area contributed by atoms with Crippen LogP contribution in [0.15, 0.2) is 97.1 Å². The third-order valence-electron chi connectivity index (χ3n) is 5.93. The van der Waals surface area contributed by atoms with Gasteiger partial charge in [-0.25, -0.2) is 0 Å². The second kappa shape index (κ2) is 9.71. The molecule has 4 rings (SSSR count). The number of benzene rings is 4. The Morgan fingerprint density at radius 2 is 1.09 bits per heavy atom. The van der Waals surface area contributed by atoms with E-state index in [4.69, 9.17) is 20.9 Å². The molecule has 0 saturated carbocycles. The number of hydrogen-bond donors (Lipinski definition) is 2. The van der Waals surface area contributed by atoms with Crippen LogP contribution in [-0.2, 0) is 10.2 Å². The second-order valence-corrected chi connectivity index (χ2v) is 8.30. The molecule has 5 nitrogen and oxygen atoms in total. The summed E-state index contributed by atoms with van der Waals surface area (Å²) in [7, 11) is 0. The normalized spacial score (nSPS) is 11.1. The van der Waals surface area contributed by atoms with Gasteiger partial charge in [-0.15, -0.1) is 0 Å². The molecule has 0 unspecified atom stereocenters. The molecule has 0 bridgehead atoms. The number of carbonyl (C=O) groups is 1. The predicted molar refractivity (Wildman–Crippen MR) is 136 cm³/mol. The van der Waals surface area contributed by atoms with E-state index in [1.807, 2.05) is 98.8 Å². The first-order valence-electron chi connectivity index (χ1n) is 11.2. The van der Waals surface area contributed by atoms with Crippen molar-refractivity contribution >= 4 is 17.2 Å². The van der Waals surface area contributed by atoms with E-state index in [-0.39, 0.29) is 5.78 Å². The average Bonchev–Trinajstić information content (AvgIpc) is 2.84. The molecule has 0 saturated heterocycles. The first kappa shape index (κ1) is 22.9. The Bertz CT molecular complexity index is 1190. The van der Waals surface area contributed by atoms with Gasteiger partial charge in [0.2, 0.25) is 0 Å². The standard InChI is InChI=1S/C29H28N2O3/c1-3-28(32)29(2,20-10-14-24(15-11-20)33-26-8-4-6-22(30)18-26)21-12-16-25(17-13-21)34-27-9-5-7-23(31)19-27/h4-19H,3,30-31H2,1-2H3. The van der Waals surface area contributed by atoms with Gasteiger partial charge in [0.15, 0.2) is 0 Å². The van der Waals surface area contributed by atoms with E-state index in [0.717, 1.165) is 11.1 Å². The van der Waals surface area contributed by atoms with Crippen LogP contribution in [0.1, 0.15) is 31.4 Å². The fraction of sp³-hybridized carbons (Fsp3) is 0.138. The van der Waals surface area contributed by atoms with Gasteiger partial charge < -0.3 is 20.9 Å². The summed E-state index contributed by atoms with van der Waals surface area (Å²) in [6.07, 6.45) is 0.416. The van der Waals surface area contributed by atoms with Crippen molar-refractivity contribution in [3.8, 4) is 23.0 Å². The van der Waals surface area contributed by atoms with Crippen LogP contribution >= 0.6 is 0 Å². The van der Waals surface area contributed by atoms with Crippen LogP contribution in [0, 0.1) is 0 Å². The summed E-state index contributed by atoms with van der Waals surface area (Å²) in [6.45, 7) is 3.84. The molecule has 4 aromatic rings. The fourth-order valence-electron chi connectivity index (χ4n) is 3.98. The van der Waals surface area contributed by atoms with Crippen LogP contribution in [0.3, 0.4) is 0 Å². The van der Waals surface area contributed by atoms with Gasteiger partial charge >= 0.3 is 0 Å². The highest BCUT2D eigenvalue weighted by Gasteiger charge is 2.35. The Morgan fingerprint density at radius 1 is 0.676 bits per heavy atom. The Hall–Kier alpha value is -4.25. The average molecular weight is 453 g/mol. The lowest BCUT2D eigenvalue weighted by molar-refractivity contribution is -0.122. The maximum atomic E-state index is 13.2. The van der Waals surface area contributed by atoms with Crippen LogP contribution in [0.25, 0.3) is 0 Å². The molecule has 4 aromatic carbocycles. The molecule has 0 aliphatic rings. The monoisotopic (exact) mass is 452 g/mol. The fourth-order valence-corrected chi connectivity index (χ4v) is 3.98. The molecular weight excluding hydrogens is 424 g/mol. The number of nitrogen functional groups attached to an aromatic ring is 2. The van der Waals surface area contributed by atoms with Gasteiger partial charge in [-0.05, 0) is 66.6 Å². The molecule has 0 amide bonds. The minimum absolute atomic E-state index is 0.126. The first-order chi connectivity index (χ1) is 16.4. The van der Waals surface area contributed by atoms with Gasteiger partial charge in [-0.3, -0.25) is 4.79 Å². The number of ketones is 1. The largest absolute Gasteiger partial charge is 0.457 e. The van der Waals surface area contributed by atoms with Crippen molar-refractivity contribution in [3.63, 3.8) is 0 Å². The molecule has 4 N–H and O–H groups in total. The minimum Gasteiger partial charge on any atom is -0.457 e. The van der Waals surface area contributed by atoms with E-state index >= 15 is 0 Å². The smallest absolute Gasteiger partial charge is 0.147 e. The summed E-state index contributed by atoms with van der Waals surface area (Å²) in [5.41, 5.74) is 13.9. The van der Waals surface area contributed by atoms with E-state index in [1.54, 1.807) is 12.1 Å². The van der Waals surface area contributed by atoms with Crippen molar-refractivity contribution < 1.29 is 14.3 Å². The zero-order chi connectivity index (χ0) is 24.1. The summed E-state index contributed by atoms with van der Waals surface area (Å²) in [6, 6.07) is 29.8. The molecule has 34 heavy (non-hydrogen) atoms. The number of anilines is 2. The van der Waals surface area contributed by atoms with Gasteiger partial charge in [0.1, 0.15) is 28.8 Å². The maximum absolute atomic E-state index is 13.2. The highest BCUT2D eigenvalue weighted by Crippen LogP contribution is 2.37. The zero-order valence-corrected chi connectivity index (χ0v) is 19.3. The number of ether oxygens (including phenoxy) is 2. The van der Waals surface area contributed by atoms with Gasteiger partial charge in [0, 0.05) is 29.9 Å². The summed E-state index contributed by atoms with van der Waals surface area (Å²) in [5.74, 6) is 2.80. The quantitative estimate of drug-likeness (QED) is 0.290. The Kier molecular flexibility index (Phi) is 6.55.